The van der Waals surface area contributed by atoms with E-state index in [1.165, 1.54) is 13.0 Å². The zero-order chi connectivity index (χ0) is 31.3. The zero-order valence-electron chi connectivity index (χ0n) is 24.7. The second-order valence-electron chi connectivity index (χ2n) is 12.6. The van der Waals surface area contributed by atoms with E-state index < -0.39 is 74.4 Å². The number of aromatic hydroxyl groups is 1. The quantitative estimate of drug-likeness (QED) is 0.325. The molecule has 2 aromatic rings. The first-order chi connectivity index (χ1) is 19.5. The van der Waals surface area contributed by atoms with Crippen molar-refractivity contribution in [2.24, 2.45) is 22.7 Å². The highest BCUT2D eigenvalue weighted by molar-refractivity contribution is 6.26. The van der Waals surface area contributed by atoms with Gasteiger partial charge in [-0.2, -0.15) is 0 Å². The normalized spacial score (nSPS) is 31.8. The molecule has 0 saturated carbocycles. The van der Waals surface area contributed by atoms with Gasteiger partial charge < -0.3 is 25.5 Å². The van der Waals surface area contributed by atoms with Crippen LogP contribution in [-0.4, -0.2) is 54.6 Å². The predicted octanol–water partition coefficient (Wildman–Crippen LogP) is 4.93. The van der Waals surface area contributed by atoms with Crippen LogP contribution in [0.5, 0.6) is 5.75 Å². The van der Waals surface area contributed by atoms with E-state index in [9.17, 15) is 39.9 Å². The molecule has 8 heteroatoms. The molecule has 0 saturated heterocycles. The van der Waals surface area contributed by atoms with Gasteiger partial charge in [0, 0.05) is 11.3 Å². The summed E-state index contributed by atoms with van der Waals surface area (Å²) in [7, 11) is 0. The average molecular weight is 573 g/mol. The SMILES string of the molecule is CC(=O)C1=C(O)C(C(C)C)[C@@]2(C)[C@H](O)[C@]3(C)C(=C(O)[C@@]2(O)C1=O)C(=O)c1c(O)cccc1/C3=C\c1ccc(C)c(C)c1. The minimum atomic E-state index is -2.94. The number of phenols is 1. The molecule has 0 fully saturated rings. The van der Waals surface area contributed by atoms with Crippen molar-refractivity contribution in [2.45, 2.75) is 60.2 Å². The smallest absolute Gasteiger partial charge is 0.209 e. The Morgan fingerprint density at radius 2 is 1.64 bits per heavy atom. The first kappa shape index (κ1) is 29.5. The first-order valence-electron chi connectivity index (χ1n) is 14.0. The highest BCUT2D eigenvalue weighted by atomic mass is 16.4. The van der Waals surface area contributed by atoms with E-state index in [4.69, 9.17) is 0 Å². The number of hydrogen-bond donors (Lipinski definition) is 5. The molecule has 0 heterocycles. The highest BCUT2D eigenvalue weighted by Gasteiger charge is 2.75. The van der Waals surface area contributed by atoms with Gasteiger partial charge >= 0.3 is 0 Å². The zero-order valence-corrected chi connectivity index (χ0v) is 24.7. The summed E-state index contributed by atoms with van der Waals surface area (Å²) in [4.78, 5) is 40.7. The van der Waals surface area contributed by atoms with Crippen molar-refractivity contribution >= 4 is 29.0 Å². The van der Waals surface area contributed by atoms with Gasteiger partial charge in [-0.1, -0.05) is 57.2 Å². The fourth-order valence-electron chi connectivity index (χ4n) is 7.73. The number of aryl methyl sites for hydroxylation is 2. The van der Waals surface area contributed by atoms with Crippen molar-refractivity contribution in [3.63, 3.8) is 0 Å². The molecule has 3 aliphatic carbocycles. The van der Waals surface area contributed by atoms with Crippen LogP contribution in [0.4, 0.5) is 0 Å². The van der Waals surface area contributed by atoms with Crippen LogP contribution in [0.2, 0.25) is 0 Å². The molecule has 5 atom stereocenters. The number of fused-ring (bicyclic) bond motifs is 3. The molecule has 0 radical (unpaired) electrons. The summed E-state index contributed by atoms with van der Waals surface area (Å²) in [5.74, 6) is -6.65. The third-order valence-electron chi connectivity index (χ3n) is 9.95. The fourth-order valence-corrected chi connectivity index (χ4v) is 7.73. The van der Waals surface area contributed by atoms with Crippen LogP contribution in [0.1, 0.15) is 67.2 Å². The summed E-state index contributed by atoms with van der Waals surface area (Å²) in [5, 5.41) is 59.0. The number of carbonyl (C=O) groups excluding carboxylic acids is 3. The number of aliphatic hydroxyl groups is 4. The molecule has 5 N–H and O–H groups in total. The van der Waals surface area contributed by atoms with Crippen molar-refractivity contribution in [3.05, 3.63) is 86.9 Å². The Labute approximate surface area is 244 Å². The molecule has 0 bridgehead atoms. The fraction of sp³-hybridized carbons (Fsp3) is 0.382. The van der Waals surface area contributed by atoms with E-state index in [0.717, 1.165) is 23.6 Å². The summed E-state index contributed by atoms with van der Waals surface area (Å²) in [6.45, 7) is 11.3. The third kappa shape index (κ3) is 3.39. The molecule has 3 aliphatic rings. The van der Waals surface area contributed by atoms with Crippen LogP contribution in [-0.2, 0) is 9.59 Å². The number of benzene rings is 2. The van der Waals surface area contributed by atoms with Gasteiger partial charge in [0.1, 0.15) is 22.8 Å². The van der Waals surface area contributed by atoms with Crippen molar-refractivity contribution < 1.29 is 39.9 Å². The van der Waals surface area contributed by atoms with Crippen LogP contribution in [0, 0.1) is 36.5 Å². The molecule has 8 nitrogen and oxygen atoms in total. The Morgan fingerprint density at radius 3 is 2.21 bits per heavy atom. The number of aliphatic hydroxyl groups excluding tert-OH is 3. The lowest BCUT2D eigenvalue weighted by Gasteiger charge is -2.62. The Kier molecular flexibility index (Phi) is 6.49. The Morgan fingerprint density at radius 1 is 1.00 bits per heavy atom. The maximum atomic E-state index is 14.2. The number of phenolic OH excluding ortho intramolecular Hbond substituents is 1. The topological polar surface area (TPSA) is 152 Å². The van der Waals surface area contributed by atoms with E-state index in [2.05, 4.69) is 0 Å². The number of rotatable bonds is 3. The molecule has 1 unspecified atom stereocenters. The van der Waals surface area contributed by atoms with E-state index in [0.29, 0.717) is 11.1 Å². The lowest BCUT2D eigenvalue weighted by molar-refractivity contribution is -0.202. The van der Waals surface area contributed by atoms with Crippen LogP contribution in [0.3, 0.4) is 0 Å². The molecule has 5 rings (SSSR count). The minimum absolute atomic E-state index is 0.153. The Balaban J connectivity index is 1.96. The number of ketones is 3. The van der Waals surface area contributed by atoms with Gasteiger partial charge in [-0.05, 0) is 67.5 Å². The maximum Gasteiger partial charge on any atom is 0.209 e. The standard InChI is InChI=1S/C34H36O8/c1-15(2)25-27(37)23(18(5)35)29(39)34(42)30(40)26-28(38)24-20(9-8-10-22(24)36)21(32(26,6)31(41)33(25,34)7)14-19-12-11-16(3)17(4)13-19/h8-15,25,31,36-37,40-42H,1-7H3/b21-14+/t25?,31-,32+,33+,34+/m1/s1. The molecule has 0 spiro atoms. The molecule has 2 aromatic carbocycles. The first-order valence-corrected chi connectivity index (χ1v) is 14.0. The number of Topliss-reactive ketones (excluding diaryl/α,β-unsaturated/α-hetero) is 3. The predicted molar refractivity (Wildman–Crippen MR) is 157 cm³/mol. The maximum absolute atomic E-state index is 14.2. The van der Waals surface area contributed by atoms with E-state index in [1.54, 1.807) is 39.0 Å². The van der Waals surface area contributed by atoms with Gasteiger partial charge in [0.25, 0.3) is 0 Å². The van der Waals surface area contributed by atoms with Gasteiger partial charge in [0.2, 0.25) is 5.78 Å². The lowest BCUT2D eigenvalue weighted by atomic mass is 9.42. The van der Waals surface area contributed by atoms with Crippen LogP contribution < -0.4 is 0 Å². The Hall–Kier alpha value is -4.01. The van der Waals surface area contributed by atoms with Crippen LogP contribution in [0.25, 0.3) is 11.6 Å². The van der Waals surface area contributed by atoms with E-state index >= 15 is 0 Å². The van der Waals surface area contributed by atoms with Gasteiger partial charge in [-0.25, -0.2) is 0 Å². The third-order valence-corrected chi connectivity index (χ3v) is 9.95. The Bertz CT molecular complexity index is 1690. The largest absolute Gasteiger partial charge is 0.511 e. The van der Waals surface area contributed by atoms with E-state index in [1.807, 2.05) is 32.0 Å². The van der Waals surface area contributed by atoms with Crippen molar-refractivity contribution in [1.82, 2.24) is 0 Å². The molecular weight excluding hydrogens is 536 g/mol. The van der Waals surface area contributed by atoms with E-state index in [-0.39, 0.29) is 11.3 Å². The summed E-state index contributed by atoms with van der Waals surface area (Å²) < 4.78 is 0. The highest BCUT2D eigenvalue weighted by Crippen LogP contribution is 2.67. The number of allylic oxidation sites excluding steroid dienone is 1. The molecule has 0 aromatic heterocycles. The molecule has 0 aliphatic heterocycles. The number of hydrogen-bond acceptors (Lipinski definition) is 8. The molecular formula is C34H36O8. The van der Waals surface area contributed by atoms with Gasteiger partial charge in [-0.15, -0.1) is 0 Å². The van der Waals surface area contributed by atoms with Gasteiger partial charge in [-0.3, -0.25) is 14.4 Å². The minimum Gasteiger partial charge on any atom is -0.511 e. The molecule has 0 amide bonds. The molecule has 220 valence electrons. The summed E-state index contributed by atoms with van der Waals surface area (Å²) in [6, 6.07) is 10.2. The second-order valence-corrected chi connectivity index (χ2v) is 12.6. The van der Waals surface area contributed by atoms with Crippen LogP contribution in [0.15, 0.2) is 59.1 Å². The van der Waals surface area contributed by atoms with Crippen LogP contribution >= 0.6 is 0 Å². The number of carbonyl (C=O) groups is 3. The van der Waals surface area contributed by atoms with Crippen molar-refractivity contribution in [1.29, 1.82) is 0 Å². The van der Waals surface area contributed by atoms with Crippen molar-refractivity contribution in [2.75, 3.05) is 0 Å². The summed E-state index contributed by atoms with van der Waals surface area (Å²) >= 11 is 0. The van der Waals surface area contributed by atoms with Gasteiger partial charge in [0.05, 0.1) is 22.7 Å². The van der Waals surface area contributed by atoms with Gasteiger partial charge in [0.15, 0.2) is 17.2 Å². The summed E-state index contributed by atoms with van der Waals surface area (Å²) in [6.07, 6.45) is 0.0118. The average Bonchev–Trinajstić information content (AvgIpc) is 2.90. The summed E-state index contributed by atoms with van der Waals surface area (Å²) in [5.41, 5.74) is -4.52. The second kappa shape index (κ2) is 9.24. The molecule has 42 heavy (non-hydrogen) atoms. The monoisotopic (exact) mass is 572 g/mol. The van der Waals surface area contributed by atoms with Crippen molar-refractivity contribution in [3.8, 4) is 5.75 Å². The lowest BCUT2D eigenvalue weighted by Crippen LogP contribution is -2.73.